The molecule has 2 nitrogen and oxygen atoms in total. The van der Waals surface area contributed by atoms with Crippen LogP contribution in [0.25, 0.3) is 5.57 Å². The number of rotatable bonds is 1. The van der Waals surface area contributed by atoms with Crippen LogP contribution in [0.15, 0.2) is 18.3 Å². The largest absolute Gasteiger partial charge is 0.316 e. The van der Waals surface area contributed by atoms with E-state index >= 15 is 0 Å². The van der Waals surface area contributed by atoms with Crippen LogP contribution in [0, 0.1) is 11.8 Å². The highest BCUT2D eigenvalue weighted by molar-refractivity contribution is 6.41. The summed E-state index contributed by atoms with van der Waals surface area (Å²) >= 11 is 11.9. The third-order valence-corrected chi connectivity index (χ3v) is 4.77. The van der Waals surface area contributed by atoms with Crippen molar-refractivity contribution in [2.45, 2.75) is 19.3 Å². The van der Waals surface area contributed by atoms with Crippen LogP contribution in [-0.4, -0.2) is 18.1 Å². The van der Waals surface area contributed by atoms with Gasteiger partial charge in [-0.05, 0) is 61.4 Å². The predicted octanol–water partition coefficient (Wildman–Crippen LogP) is 3.79. The Morgan fingerprint density at radius 3 is 3.00 bits per heavy atom. The summed E-state index contributed by atoms with van der Waals surface area (Å²) in [4.78, 5) is 4.13. The zero-order valence-corrected chi connectivity index (χ0v) is 11.6. The smallest absolute Gasteiger partial charge is 0.147 e. The van der Waals surface area contributed by atoms with Crippen molar-refractivity contribution in [3.8, 4) is 0 Å². The summed E-state index contributed by atoms with van der Waals surface area (Å²) in [5.74, 6) is 1.61. The van der Waals surface area contributed by atoms with Gasteiger partial charge >= 0.3 is 0 Å². The second-order valence-corrected chi connectivity index (χ2v) is 5.94. The molecule has 18 heavy (non-hydrogen) atoms. The van der Waals surface area contributed by atoms with Crippen LogP contribution in [0.3, 0.4) is 0 Å². The second kappa shape index (κ2) is 5.20. The number of halogens is 2. The highest BCUT2D eigenvalue weighted by atomic mass is 35.5. The molecular weight excluding hydrogens is 267 g/mol. The van der Waals surface area contributed by atoms with E-state index in [4.69, 9.17) is 23.2 Å². The Kier molecular flexibility index (Phi) is 3.60. The molecule has 2 aliphatic rings. The van der Waals surface area contributed by atoms with E-state index in [1.54, 1.807) is 0 Å². The fourth-order valence-electron chi connectivity index (χ4n) is 3.02. The zero-order valence-electron chi connectivity index (χ0n) is 10.1. The van der Waals surface area contributed by atoms with Crippen molar-refractivity contribution in [2.75, 3.05) is 13.1 Å². The molecule has 1 aliphatic heterocycles. The topological polar surface area (TPSA) is 24.9 Å². The van der Waals surface area contributed by atoms with Crippen LogP contribution in [0.5, 0.6) is 0 Å². The van der Waals surface area contributed by atoms with Crippen LogP contribution >= 0.6 is 23.2 Å². The molecule has 0 aromatic carbocycles. The molecule has 96 valence electrons. The van der Waals surface area contributed by atoms with Crippen molar-refractivity contribution >= 4 is 28.8 Å². The number of hydrogen-bond donors (Lipinski definition) is 1. The molecule has 1 aromatic rings. The second-order valence-electron chi connectivity index (χ2n) is 5.18. The molecule has 1 fully saturated rings. The monoisotopic (exact) mass is 282 g/mol. The summed E-state index contributed by atoms with van der Waals surface area (Å²) in [6.07, 6.45) is 7.79. The number of aromatic nitrogens is 1. The van der Waals surface area contributed by atoms with Gasteiger partial charge in [0.2, 0.25) is 0 Å². The lowest BCUT2D eigenvalue weighted by molar-refractivity contribution is 0.252. The third kappa shape index (κ3) is 2.42. The summed E-state index contributed by atoms with van der Waals surface area (Å²) in [6.45, 7) is 2.30. The standard InChI is InChI=1S/C14H16Cl2N2/c15-13-6-12(8-18-14(13)16)10-2-1-9-3-4-17-7-11(9)5-10/h2,6,8-9,11,17H,1,3-5,7H2/t9-,11+/m0/s1. The number of pyridine rings is 1. The lowest BCUT2D eigenvalue weighted by atomic mass is 9.75. The number of fused-ring (bicyclic) bond motifs is 1. The number of nitrogens with zero attached hydrogens (tertiary/aromatic N) is 1. The zero-order chi connectivity index (χ0) is 12.5. The van der Waals surface area contributed by atoms with Gasteiger partial charge in [0.25, 0.3) is 0 Å². The Bertz CT molecular complexity index is 485. The van der Waals surface area contributed by atoms with Crippen LogP contribution in [0.4, 0.5) is 0 Å². The Balaban J connectivity index is 1.84. The third-order valence-electron chi connectivity index (χ3n) is 4.08. The molecule has 0 amide bonds. The molecule has 0 radical (unpaired) electrons. The number of nitrogens with one attached hydrogen (secondary N) is 1. The van der Waals surface area contributed by atoms with Crippen molar-refractivity contribution in [3.05, 3.63) is 34.1 Å². The van der Waals surface area contributed by atoms with E-state index in [1.807, 2.05) is 12.3 Å². The van der Waals surface area contributed by atoms with Gasteiger partial charge in [0.1, 0.15) is 5.15 Å². The van der Waals surface area contributed by atoms with Crippen LogP contribution in [-0.2, 0) is 0 Å². The predicted molar refractivity (Wildman–Crippen MR) is 75.9 cm³/mol. The normalized spacial score (nSPS) is 27.6. The van der Waals surface area contributed by atoms with Gasteiger partial charge < -0.3 is 5.32 Å². The molecule has 0 spiro atoms. The molecule has 0 saturated carbocycles. The Morgan fingerprint density at radius 1 is 1.28 bits per heavy atom. The summed E-state index contributed by atoms with van der Waals surface area (Å²) in [5.41, 5.74) is 2.49. The number of hydrogen-bond acceptors (Lipinski definition) is 2. The van der Waals surface area contributed by atoms with Crippen molar-refractivity contribution in [1.29, 1.82) is 0 Å². The highest BCUT2D eigenvalue weighted by Crippen LogP contribution is 2.38. The fraction of sp³-hybridized carbons (Fsp3) is 0.500. The summed E-state index contributed by atoms with van der Waals surface area (Å²) in [7, 11) is 0. The SMILES string of the molecule is Clc1cc(C2=CC[C@H]3CCNC[C@H]3C2)cnc1Cl. The minimum atomic E-state index is 0.383. The minimum absolute atomic E-state index is 0.383. The molecule has 1 aliphatic carbocycles. The minimum Gasteiger partial charge on any atom is -0.316 e. The summed E-state index contributed by atoms with van der Waals surface area (Å²) < 4.78 is 0. The van der Waals surface area contributed by atoms with Crippen molar-refractivity contribution in [1.82, 2.24) is 10.3 Å². The van der Waals surface area contributed by atoms with Gasteiger partial charge in [0.05, 0.1) is 5.02 Å². The molecule has 2 heterocycles. The van der Waals surface area contributed by atoms with Gasteiger partial charge in [0.15, 0.2) is 0 Å². The van der Waals surface area contributed by atoms with Crippen LogP contribution in [0.1, 0.15) is 24.8 Å². The Morgan fingerprint density at radius 2 is 2.17 bits per heavy atom. The quantitative estimate of drug-likeness (QED) is 0.793. The molecule has 1 saturated heterocycles. The molecular formula is C14H16Cl2N2. The van der Waals surface area contributed by atoms with Gasteiger partial charge in [-0.3, -0.25) is 0 Å². The fourth-order valence-corrected chi connectivity index (χ4v) is 3.29. The lowest BCUT2D eigenvalue weighted by Crippen LogP contribution is -2.37. The first-order valence-electron chi connectivity index (χ1n) is 6.45. The van der Waals surface area contributed by atoms with Crippen molar-refractivity contribution in [3.63, 3.8) is 0 Å². The average Bonchev–Trinajstić information content (AvgIpc) is 2.41. The van der Waals surface area contributed by atoms with Gasteiger partial charge in [0, 0.05) is 6.20 Å². The van der Waals surface area contributed by atoms with Gasteiger partial charge in [-0.2, -0.15) is 0 Å². The molecule has 3 rings (SSSR count). The van der Waals surface area contributed by atoms with E-state index in [0.29, 0.717) is 10.2 Å². The summed E-state index contributed by atoms with van der Waals surface area (Å²) in [6, 6.07) is 1.93. The molecule has 2 atom stereocenters. The molecule has 0 bridgehead atoms. The van der Waals surface area contributed by atoms with Crippen LogP contribution in [0.2, 0.25) is 10.2 Å². The van der Waals surface area contributed by atoms with E-state index in [1.165, 1.54) is 25.0 Å². The Labute approximate surface area is 117 Å². The average molecular weight is 283 g/mol. The first-order chi connectivity index (χ1) is 8.74. The maximum Gasteiger partial charge on any atom is 0.147 e. The maximum atomic E-state index is 6.04. The number of allylic oxidation sites excluding steroid dienone is 2. The highest BCUT2D eigenvalue weighted by Gasteiger charge is 2.28. The van der Waals surface area contributed by atoms with E-state index in [-0.39, 0.29) is 0 Å². The van der Waals surface area contributed by atoms with Crippen LogP contribution < -0.4 is 5.32 Å². The van der Waals surface area contributed by atoms with Gasteiger partial charge in [-0.15, -0.1) is 0 Å². The molecule has 1 aromatic heterocycles. The van der Waals surface area contributed by atoms with E-state index in [2.05, 4.69) is 16.4 Å². The summed E-state index contributed by atoms with van der Waals surface area (Å²) in [5, 5.41) is 4.41. The number of piperidine rings is 1. The molecule has 4 heteroatoms. The van der Waals surface area contributed by atoms with E-state index < -0.39 is 0 Å². The van der Waals surface area contributed by atoms with Crippen molar-refractivity contribution in [2.24, 2.45) is 11.8 Å². The first kappa shape index (κ1) is 12.5. The van der Waals surface area contributed by atoms with E-state index in [0.717, 1.165) is 30.4 Å². The Hall–Kier alpha value is -0.570. The molecule has 1 N–H and O–H groups in total. The first-order valence-corrected chi connectivity index (χ1v) is 7.21. The van der Waals surface area contributed by atoms with Gasteiger partial charge in [-0.1, -0.05) is 29.3 Å². The lowest BCUT2D eigenvalue weighted by Gasteiger charge is -2.35. The molecule has 0 unspecified atom stereocenters. The maximum absolute atomic E-state index is 6.04. The van der Waals surface area contributed by atoms with Gasteiger partial charge in [-0.25, -0.2) is 4.98 Å². The van der Waals surface area contributed by atoms with Crippen molar-refractivity contribution < 1.29 is 0 Å². The van der Waals surface area contributed by atoms with E-state index in [9.17, 15) is 0 Å².